The minimum Gasteiger partial charge on any atom is -0.506 e. The second kappa shape index (κ2) is 9.74. The van der Waals surface area contributed by atoms with Gasteiger partial charge >= 0.3 is 5.97 Å². The van der Waals surface area contributed by atoms with Gasteiger partial charge in [0, 0.05) is 22.1 Å². The Hall–Kier alpha value is 0.480. The third-order valence-electron chi connectivity index (χ3n) is 4.75. The molecule has 0 bridgehead atoms. The van der Waals surface area contributed by atoms with Gasteiger partial charge in [-0.2, -0.15) is 0 Å². The van der Waals surface area contributed by atoms with Gasteiger partial charge in [0.05, 0.1) is 36.4 Å². The van der Waals surface area contributed by atoms with Gasteiger partial charge in [0.1, 0.15) is 9.32 Å². The van der Waals surface area contributed by atoms with E-state index in [9.17, 15) is 19.8 Å². The lowest BCUT2D eigenvalue weighted by Crippen LogP contribution is -2.13. The SMILES string of the molecule is O=C(O)c1c(Cl)c(Cl)c(Cl)c(Cl)c1-c1c2cc(I)c(=O)c(I)c-2oc2c(I)c(O)c(I)cc12. The maximum atomic E-state index is 12.7. The van der Waals surface area contributed by atoms with Crippen LogP contribution in [0.3, 0.4) is 0 Å². The van der Waals surface area contributed by atoms with E-state index in [-0.39, 0.29) is 57.3 Å². The summed E-state index contributed by atoms with van der Waals surface area (Å²) in [6, 6.07) is 3.22. The summed E-state index contributed by atoms with van der Waals surface area (Å²) in [6.07, 6.45) is 0. The van der Waals surface area contributed by atoms with Gasteiger partial charge in [0.2, 0.25) is 5.43 Å². The summed E-state index contributed by atoms with van der Waals surface area (Å²) < 4.78 is 7.64. The highest BCUT2D eigenvalue weighted by molar-refractivity contribution is 14.1. The first-order valence-corrected chi connectivity index (χ1v) is 14.3. The number of halogens is 8. The van der Waals surface area contributed by atoms with Crippen LogP contribution in [0.15, 0.2) is 21.3 Å². The summed E-state index contributed by atoms with van der Waals surface area (Å²) in [5.74, 6) is -1.18. The van der Waals surface area contributed by atoms with Crippen LogP contribution in [-0.4, -0.2) is 16.2 Å². The average molecular weight is 974 g/mol. The highest BCUT2D eigenvalue weighted by Gasteiger charge is 2.32. The molecular weight excluding hydrogens is 970 g/mol. The molecule has 0 radical (unpaired) electrons. The van der Waals surface area contributed by atoms with Crippen LogP contribution < -0.4 is 5.43 Å². The number of carboxylic acids is 1. The van der Waals surface area contributed by atoms with Crippen LogP contribution in [0.4, 0.5) is 0 Å². The zero-order chi connectivity index (χ0) is 24.5. The van der Waals surface area contributed by atoms with E-state index in [0.717, 1.165) is 0 Å². The van der Waals surface area contributed by atoms with Crippen LogP contribution in [-0.2, 0) is 0 Å². The molecule has 2 N–H and O–H groups in total. The fraction of sp³-hybridized carbons (Fsp3) is 0. The van der Waals surface area contributed by atoms with E-state index in [2.05, 4.69) is 0 Å². The number of phenolic OH excluding ortho intramolecular Hbond substituents is 1. The Morgan fingerprint density at radius 2 is 1.45 bits per heavy atom. The van der Waals surface area contributed by atoms with Gasteiger partial charge in [-0.05, 0) is 102 Å². The number of rotatable bonds is 2. The first-order valence-electron chi connectivity index (χ1n) is 8.43. The van der Waals surface area contributed by atoms with Crippen LogP contribution in [0, 0.1) is 14.3 Å². The number of fused-ring (bicyclic) bond motifs is 2. The Morgan fingerprint density at radius 1 is 0.848 bits per heavy atom. The average Bonchev–Trinajstić information content (AvgIpc) is 2.76. The van der Waals surface area contributed by atoms with Crippen LogP contribution >= 0.6 is 137 Å². The fourth-order valence-electron chi connectivity index (χ4n) is 3.33. The standard InChI is InChI=1S/C20H4Cl4I4O5/c21-10-8(9(20(31)32)11(22)13(24)12(10)23)7-3-1-5(25)16(29)14(27)18(3)33-19-4(7)2-6(26)17(30)15(19)28/h1-2,29H,(H,31,32). The topological polar surface area (TPSA) is 87.7 Å². The maximum Gasteiger partial charge on any atom is 0.337 e. The Morgan fingerprint density at radius 3 is 2.06 bits per heavy atom. The normalized spacial score (nSPS) is 11.5. The molecule has 13 heteroatoms. The number of carboxylic acid groups (broad SMARTS) is 1. The van der Waals surface area contributed by atoms with Gasteiger partial charge in [-0.3, -0.25) is 4.79 Å². The molecule has 2 aromatic rings. The quantitative estimate of drug-likeness (QED) is 0.0908. The van der Waals surface area contributed by atoms with Gasteiger partial charge in [-0.25, -0.2) is 4.79 Å². The zero-order valence-electron chi connectivity index (χ0n) is 15.3. The molecule has 2 aliphatic rings. The minimum atomic E-state index is -1.37. The second-order valence-electron chi connectivity index (χ2n) is 6.56. The Bertz CT molecular complexity index is 1570. The molecule has 33 heavy (non-hydrogen) atoms. The first kappa shape index (κ1) is 26.5. The molecule has 0 spiro atoms. The molecule has 5 nitrogen and oxygen atoms in total. The summed E-state index contributed by atoms with van der Waals surface area (Å²) in [4.78, 5) is 25.0. The monoisotopic (exact) mass is 971 g/mol. The lowest BCUT2D eigenvalue weighted by Gasteiger charge is -2.21. The molecule has 2 aromatic carbocycles. The van der Waals surface area contributed by atoms with Crippen molar-refractivity contribution in [2.24, 2.45) is 0 Å². The van der Waals surface area contributed by atoms with Crippen molar-refractivity contribution in [3.8, 4) is 28.2 Å². The smallest absolute Gasteiger partial charge is 0.337 e. The number of aromatic hydroxyl groups is 1. The Labute approximate surface area is 260 Å². The van der Waals surface area contributed by atoms with Crippen molar-refractivity contribution >= 4 is 154 Å². The minimum absolute atomic E-state index is 0.0163. The Kier molecular flexibility index (Phi) is 7.84. The predicted octanol–water partition coefficient (Wildman–Crippen LogP) is 9.00. The van der Waals surface area contributed by atoms with Gasteiger partial charge < -0.3 is 14.6 Å². The molecule has 4 rings (SSSR count). The fourth-order valence-corrected chi connectivity index (χ4v) is 7.93. The molecule has 0 saturated heterocycles. The lowest BCUT2D eigenvalue weighted by atomic mass is 9.90. The summed E-state index contributed by atoms with van der Waals surface area (Å²) in [6.45, 7) is 0. The molecule has 0 fully saturated rings. The lowest BCUT2D eigenvalue weighted by molar-refractivity contribution is 0.0698. The van der Waals surface area contributed by atoms with Gasteiger partial charge in [0.15, 0.2) is 11.3 Å². The summed E-state index contributed by atoms with van der Waals surface area (Å²) in [5.41, 5.74) is 0.423. The zero-order valence-corrected chi connectivity index (χ0v) is 27.0. The number of aromatic carboxylic acids is 1. The largest absolute Gasteiger partial charge is 0.506 e. The summed E-state index contributed by atoms with van der Waals surface area (Å²) >= 11 is 33.1. The van der Waals surface area contributed by atoms with Crippen LogP contribution in [0.1, 0.15) is 10.4 Å². The van der Waals surface area contributed by atoms with Gasteiger partial charge in [0.25, 0.3) is 0 Å². The number of benzene rings is 3. The van der Waals surface area contributed by atoms with Crippen molar-refractivity contribution in [3.05, 3.63) is 62.3 Å². The molecular formula is C20H4Cl4I4O5. The van der Waals surface area contributed by atoms with Crippen molar-refractivity contribution < 1.29 is 19.4 Å². The van der Waals surface area contributed by atoms with Crippen molar-refractivity contribution in [3.63, 3.8) is 0 Å². The summed E-state index contributed by atoms with van der Waals surface area (Å²) in [7, 11) is 0. The van der Waals surface area contributed by atoms with E-state index in [4.69, 9.17) is 50.8 Å². The van der Waals surface area contributed by atoms with Crippen LogP contribution in [0.2, 0.25) is 20.1 Å². The van der Waals surface area contributed by atoms with Gasteiger partial charge in [-0.15, -0.1) is 0 Å². The number of phenols is 1. The van der Waals surface area contributed by atoms with E-state index in [0.29, 0.717) is 27.2 Å². The van der Waals surface area contributed by atoms with Crippen molar-refractivity contribution in [1.29, 1.82) is 0 Å². The molecule has 170 valence electrons. The third kappa shape index (κ3) is 4.23. The highest BCUT2D eigenvalue weighted by Crippen LogP contribution is 2.52. The van der Waals surface area contributed by atoms with E-state index in [1.165, 1.54) is 0 Å². The highest BCUT2D eigenvalue weighted by atomic mass is 127. The van der Waals surface area contributed by atoms with Gasteiger partial charge in [-0.1, -0.05) is 46.4 Å². The molecule has 1 aliphatic carbocycles. The third-order valence-corrected chi connectivity index (χ3v) is 10.2. The van der Waals surface area contributed by atoms with E-state index < -0.39 is 5.97 Å². The number of hydrogen-bond donors (Lipinski definition) is 2. The van der Waals surface area contributed by atoms with E-state index in [1.807, 2.05) is 90.4 Å². The molecule has 0 atom stereocenters. The first-order chi connectivity index (χ1) is 15.4. The van der Waals surface area contributed by atoms with Crippen molar-refractivity contribution in [2.45, 2.75) is 0 Å². The maximum absolute atomic E-state index is 12.7. The molecule has 0 aromatic heterocycles. The molecule has 0 unspecified atom stereocenters. The molecule has 0 amide bonds. The van der Waals surface area contributed by atoms with Crippen LogP contribution in [0.25, 0.3) is 33.4 Å². The molecule has 1 heterocycles. The summed E-state index contributed by atoms with van der Waals surface area (Å²) in [5, 5.41) is 20.3. The molecule has 0 saturated carbocycles. The van der Waals surface area contributed by atoms with E-state index in [1.54, 1.807) is 12.1 Å². The van der Waals surface area contributed by atoms with Crippen molar-refractivity contribution in [2.75, 3.05) is 0 Å². The Balaban J connectivity index is 2.43. The number of hydrogen-bond acceptors (Lipinski definition) is 4. The molecule has 1 aliphatic heterocycles. The second-order valence-corrected chi connectivity index (χ2v) is 12.6. The van der Waals surface area contributed by atoms with Crippen molar-refractivity contribution in [1.82, 2.24) is 0 Å². The van der Waals surface area contributed by atoms with Crippen LogP contribution in [0.5, 0.6) is 5.75 Å². The van der Waals surface area contributed by atoms with E-state index >= 15 is 0 Å². The predicted molar refractivity (Wildman–Crippen MR) is 164 cm³/mol. The number of carbonyl (C=O) groups is 1.